The van der Waals surface area contributed by atoms with Crippen molar-refractivity contribution in [3.8, 4) is 0 Å². The topological polar surface area (TPSA) is 92.2 Å². The zero-order chi connectivity index (χ0) is 24.5. The van der Waals surface area contributed by atoms with Gasteiger partial charge in [-0.25, -0.2) is 0 Å². The molecule has 0 radical (unpaired) electrons. The second-order valence-electron chi connectivity index (χ2n) is 9.55. The molecule has 2 N–H and O–H groups in total. The molecule has 1 fully saturated rings. The van der Waals surface area contributed by atoms with Crippen molar-refractivity contribution in [1.82, 2.24) is 25.0 Å². The van der Waals surface area contributed by atoms with Crippen molar-refractivity contribution in [2.75, 3.05) is 27.3 Å². The van der Waals surface area contributed by atoms with E-state index in [2.05, 4.69) is 26.4 Å². The van der Waals surface area contributed by atoms with Crippen molar-refractivity contribution < 1.29 is 9.53 Å². The van der Waals surface area contributed by atoms with Gasteiger partial charge in [-0.15, -0.1) is 0 Å². The molecular weight excluding hydrogens is 442 g/mol. The van der Waals surface area contributed by atoms with Gasteiger partial charge in [-0.1, -0.05) is 24.3 Å². The Kier molecular flexibility index (Phi) is 6.40. The summed E-state index contributed by atoms with van der Waals surface area (Å²) in [6, 6.07) is 12.1. The molecule has 182 valence electrons. The average molecular weight is 474 g/mol. The Morgan fingerprint density at radius 2 is 1.91 bits per heavy atom. The van der Waals surface area contributed by atoms with Crippen molar-refractivity contribution in [3.63, 3.8) is 0 Å². The van der Waals surface area contributed by atoms with E-state index < -0.39 is 0 Å². The normalized spacial score (nSPS) is 14.7. The number of aryl methyl sites for hydroxylation is 1. The lowest BCUT2D eigenvalue weighted by Crippen LogP contribution is -2.25. The molecule has 1 aliphatic rings. The van der Waals surface area contributed by atoms with Crippen LogP contribution in [0, 0.1) is 6.92 Å². The SMILES string of the molecule is Cc1cc2[nH]c(=O)c3cnn(C4CCOCC4)c3c2cc1C(=O)NCc1ccccc1CN(C)C. The molecule has 0 atom stereocenters. The Labute approximate surface area is 203 Å². The standard InChI is InChI=1S/C27H31N5O3/c1-17-12-24-22(25-23(27(34)30-24)15-29-32(25)20-8-10-35-11-9-20)13-21(17)26(33)28-14-18-6-4-5-7-19(18)16-31(2)3/h4-7,12-13,15,20H,8-11,14,16H2,1-3H3,(H,28,33)(H,30,34). The van der Waals surface area contributed by atoms with Crippen LogP contribution in [0.4, 0.5) is 0 Å². The number of ether oxygens (including phenoxy) is 1. The third-order valence-corrected chi connectivity index (χ3v) is 6.73. The summed E-state index contributed by atoms with van der Waals surface area (Å²) in [7, 11) is 4.06. The minimum absolute atomic E-state index is 0.138. The van der Waals surface area contributed by atoms with Gasteiger partial charge >= 0.3 is 0 Å². The predicted octanol–water partition coefficient (Wildman–Crippen LogP) is 3.53. The summed E-state index contributed by atoms with van der Waals surface area (Å²) in [5, 5.41) is 9.04. The Bertz CT molecular complexity index is 1450. The smallest absolute Gasteiger partial charge is 0.259 e. The average Bonchev–Trinajstić information content (AvgIpc) is 3.29. The fourth-order valence-corrected chi connectivity index (χ4v) is 4.94. The Hall–Kier alpha value is -3.49. The van der Waals surface area contributed by atoms with Gasteiger partial charge in [0.15, 0.2) is 0 Å². The highest BCUT2D eigenvalue weighted by atomic mass is 16.5. The number of amides is 1. The molecule has 3 heterocycles. The predicted molar refractivity (Wildman–Crippen MR) is 137 cm³/mol. The maximum absolute atomic E-state index is 13.3. The van der Waals surface area contributed by atoms with Gasteiger partial charge in [0, 0.05) is 37.3 Å². The number of pyridine rings is 1. The Morgan fingerprint density at radius 1 is 1.17 bits per heavy atom. The summed E-state index contributed by atoms with van der Waals surface area (Å²) < 4.78 is 7.46. The highest BCUT2D eigenvalue weighted by molar-refractivity contribution is 6.07. The molecule has 1 aliphatic heterocycles. The van der Waals surface area contributed by atoms with Gasteiger partial charge in [0.25, 0.3) is 11.5 Å². The van der Waals surface area contributed by atoms with Gasteiger partial charge in [-0.2, -0.15) is 5.10 Å². The molecule has 2 aromatic heterocycles. The Morgan fingerprint density at radius 3 is 2.66 bits per heavy atom. The third kappa shape index (κ3) is 4.59. The van der Waals surface area contributed by atoms with Gasteiger partial charge in [-0.3, -0.25) is 14.3 Å². The largest absolute Gasteiger partial charge is 0.381 e. The van der Waals surface area contributed by atoms with Gasteiger partial charge in [0.1, 0.15) is 0 Å². The number of nitrogens with zero attached hydrogens (tertiary/aromatic N) is 3. The fourth-order valence-electron chi connectivity index (χ4n) is 4.94. The minimum atomic E-state index is -0.167. The first-order valence-corrected chi connectivity index (χ1v) is 12.0. The minimum Gasteiger partial charge on any atom is -0.381 e. The van der Waals surface area contributed by atoms with Crippen molar-refractivity contribution in [2.45, 2.75) is 38.9 Å². The third-order valence-electron chi connectivity index (χ3n) is 6.73. The summed E-state index contributed by atoms with van der Waals surface area (Å²) in [4.78, 5) is 31.2. The zero-order valence-corrected chi connectivity index (χ0v) is 20.4. The van der Waals surface area contributed by atoms with Crippen LogP contribution in [0.15, 0.2) is 47.4 Å². The van der Waals surface area contributed by atoms with Gasteiger partial charge in [0.2, 0.25) is 0 Å². The van der Waals surface area contributed by atoms with E-state index in [1.54, 1.807) is 6.20 Å². The first-order valence-electron chi connectivity index (χ1n) is 12.0. The lowest BCUT2D eigenvalue weighted by molar-refractivity contribution is 0.0675. The monoisotopic (exact) mass is 473 g/mol. The van der Waals surface area contributed by atoms with Crippen LogP contribution < -0.4 is 10.9 Å². The van der Waals surface area contributed by atoms with Crippen LogP contribution in [0.1, 0.15) is 45.9 Å². The quantitative estimate of drug-likeness (QED) is 0.447. The van der Waals surface area contributed by atoms with Crippen LogP contribution in [-0.2, 0) is 17.8 Å². The number of hydrogen-bond acceptors (Lipinski definition) is 5. The molecule has 35 heavy (non-hydrogen) atoms. The number of aromatic amines is 1. The number of carbonyl (C=O) groups excluding carboxylic acids is 1. The van der Waals surface area contributed by atoms with Crippen molar-refractivity contribution in [3.05, 3.63) is 75.2 Å². The molecular formula is C27H31N5O3. The van der Waals surface area contributed by atoms with Crippen molar-refractivity contribution in [2.24, 2.45) is 0 Å². The molecule has 1 amide bonds. The molecule has 8 nitrogen and oxygen atoms in total. The van der Waals surface area contributed by atoms with Crippen LogP contribution in [0.2, 0.25) is 0 Å². The lowest BCUT2D eigenvalue weighted by atomic mass is 10.0. The number of H-pyrrole nitrogens is 1. The van der Waals surface area contributed by atoms with E-state index in [9.17, 15) is 9.59 Å². The van der Waals surface area contributed by atoms with Gasteiger partial charge < -0.3 is 19.9 Å². The van der Waals surface area contributed by atoms with E-state index in [4.69, 9.17) is 4.74 Å². The number of carbonyl (C=O) groups is 1. The van der Waals surface area contributed by atoms with Crippen LogP contribution in [0.3, 0.4) is 0 Å². The summed E-state index contributed by atoms with van der Waals surface area (Å²) in [5.74, 6) is -0.138. The van der Waals surface area contributed by atoms with Gasteiger partial charge in [0.05, 0.1) is 28.7 Å². The number of hydrogen-bond donors (Lipinski definition) is 2. The second kappa shape index (κ2) is 9.64. The molecule has 2 aromatic carbocycles. The molecule has 1 saturated heterocycles. The van der Waals surface area contributed by atoms with Gasteiger partial charge in [-0.05, 0) is 62.7 Å². The number of rotatable bonds is 6. The maximum atomic E-state index is 13.3. The summed E-state index contributed by atoms with van der Waals surface area (Å²) in [6.45, 7) is 4.50. The van der Waals surface area contributed by atoms with E-state index in [1.165, 1.54) is 5.56 Å². The van der Waals surface area contributed by atoms with Crippen LogP contribution in [-0.4, -0.2) is 52.9 Å². The van der Waals surface area contributed by atoms with E-state index in [1.807, 2.05) is 56.0 Å². The zero-order valence-electron chi connectivity index (χ0n) is 20.4. The highest BCUT2D eigenvalue weighted by Crippen LogP contribution is 2.29. The highest BCUT2D eigenvalue weighted by Gasteiger charge is 2.22. The van der Waals surface area contributed by atoms with Crippen LogP contribution >= 0.6 is 0 Å². The number of benzene rings is 2. The molecule has 4 aromatic rings. The molecule has 5 rings (SSSR count). The molecule has 8 heteroatoms. The van der Waals surface area contributed by atoms with Crippen LogP contribution in [0.25, 0.3) is 21.8 Å². The number of aromatic nitrogens is 3. The fraction of sp³-hybridized carbons (Fsp3) is 0.370. The first kappa shape index (κ1) is 23.3. The molecule has 0 unspecified atom stereocenters. The number of fused-ring (bicyclic) bond motifs is 3. The Balaban J connectivity index is 1.51. The van der Waals surface area contributed by atoms with E-state index in [0.717, 1.165) is 41.4 Å². The lowest BCUT2D eigenvalue weighted by Gasteiger charge is -2.23. The summed E-state index contributed by atoms with van der Waals surface area (Å²) >= 11 is 0. The first-order chi connectivity index (χ1) is 16.9. The van der Waals surface area contributed by atoms with E-state index in [0.29, 0.717) is 36.2 Å². The van der Waals surface area contributed by atoms with Crippen molar-refractivity contribution in [1.29, 1.82) is 0 Å². The van der Waals surface area contributed by atoms with E-state index in [-0.39, 0.29) is 17.5 Å². The molecule has 0 aliphatic carbocycles. The summed E-state index contributed by atoms with van der Waals surface area (Å²) in [5.41, 5.74) is 5.01. The molecule has 0 saturated carbocycles. The second-order valence-corrected chi connectivity index (χ2v) is 9.55. The number of nitrogens with one attached hydrogen (secondary N) is 2. The van der Waals surface area contributed by atoms with Crippen molar-refractivity contribution >= 4 is 27.7 Å². The molecule has 0 spiro atoms. The maximum Gasteiger partial charge on any atom is 0.259 e. The van der Waals surface area contributed by atoms with Crippen LogP contribution in [0.5, 0.6) is 0 Å². The summed E-state index contributed by atoms with van der Waals surface area (Å²) in [6.07, 6.45) is 3.32. The van der Waals surface area contributed by atoms with E-state index >= 15 is 0 Å². The molecule has 0 bridgehead atoms.